The van der Waals surface area contributed by atoms with Crippen molar-refractivity contribution >= 4 is 11.6 Å². The number of halogens is 2. The first-order valence-corrected chi connectivity index (χ1v) is 6.69. The lowest BCUT2D eigenvalue weighted by atomic mass is 10.0. The monoisotopic (exact) mass is 285 g/mol. The van der Waals surface area contributed by atoms with E-state index < -0.39 is 11.6 Å². The largest absolute Gasteiger partial charge is 0.309 e. The molecule has 2 aromatic carbocycles. The topological polar surface area (TPSA) is 20.3 Å². The van der Waals surface area contributed by atoms with Gasteiger partial charge in [0, 0.05) is 17.8 Å². The second kappa shape index (κ2) is 5.48. The molecule has 3 rings (SSSR count). The van der Waals surface area contributed by atoms with Crippen LogP contribution in [0.15, 0.2) is 54.6 Å². The molecule has 106 valence electrons. The number of carbonyl (C=O) groups is 1. The Labute approximate surface area is 121 Å². The zero-order valence-electron chi connectivity index (χ0n) is 11.2. The van der Waals surface area contributed by atoms with Gasteiger partial charge in [0.25, 0.3) is 5.91 Å². The van der Waals surface area contributed by atoms with Crippen LogP contribution in [0.25, 0.3) is 11.1 Å². The van der Waals surface area contributed by atoms with E-state index in [0.29, 0.717) is 12.1 Å². The fourth-order valence-corrected chi connectivity index (χ4v) is 2.39. The zero-order valence-corrected chi connectivity index (χ0v) is 11.2. The first-order chi connectivity index (χ1) is 10.2. The van der Waals surface area contributed by atoms with E-state index in [1.54, 1.807) is 35.2 Å². The maximum Gasteiger partial charge on any atom is 0.250 e. The second-order valence-corrected chi connectivity index (χ2v) is 4.83. The molecular formula is C17H13F2NO. The molecule has 1 aliphatic rings. The fourth-order valence-electron chi connectivity index (χ4n) is 2.39. The molecule has 0 unspecified atom stereocenters. The standard InChI is InChI=1S/C17H13F2NO/c18-15-5-3-4-14(17(15)19)12-7-9-13(10-8-12)20-11-2-1-6-16(20)21/h1,3-10H,2,11H2. The fraction of sp³-hybridized carbons (Fsp3) is 0.118. The molecule has 2 aromatic rings. The van der Waals surface area contributed by atoms with Crippen molar-refractivity contribution in [2.24, 2.45) is 0 Å². The minimum Gasteiger partial charge on any atom is -0.309 e. The van der Waals surface area contributed by atoms with Crippen molar-refractivity contribution in [2.45, 2.75) is 6.42 Å². The van der Waals surface area contributed by atoms with Crippen LogP contribution in [0.5, 0.6) is 0 Å². The number of carbonyl (C=O) groups excluding carboxylic acids is 1. The maximum absolute atomic E-state index is 13.8. The van der Waals surface area contributed by atoms with Crippen molar-refractivity contribution in [1.29, 1.82) is 0 Å². The lowest BCUT2D eigenvalue weighted by Gasteiger charge is -2.23. The number of nitrogens with zero attached hydrogens (tertiary/aromatic N) is 1. The molecule has 0 atom stereocenters. The Morgan fingerprint density at radius 2 is 1.76 bits per heavy atom. The van der Waals surface area contributed by atoms with Gasteiger partial charge in [-0.3, -0.25) is 4.79 Å². The molecule has 0 saturated carbocycles. The number of hydrogen-bond donors (Lipinski definition) is 0. The van der Waals surface area contributed by atoms with Crippen LogP contribution in [0, 0.1) is 11.6 Å². The van der Waals surface area contributed by atoms with Gasteiger partial charge in [-0.05, 0) is 36.3 Å². The molecule has 21 heavy (non-hydrogen) atoms. The van der Waals surface area contributed by atoms with Gasteiger partial charge in [-0.15, -0.1) is 0 Å². The smallest absolute Gasteiger partial charge is 0.250 e. The highest BCUT2D eigenvalue weighted by Gasteiger charge is 2.16. The summed E-state index contributed by atoms with van der Waals surface area (Å²) in [7, 11) is 0. The lowest BCUT2D eigenvalue weighted by molar-refractivity contribution is -0.114. The predicted molar refractivity (Wildman–Crippen MR) is 77.9 cm³/mol. The Morgan fingerprint density at radius 1 is 1.00 bits per heavy atom. The normalized spacial score (nSPS) is 14.6. The molecule has 0 fully saturated rings. The summed E-state index contributed by atoms with van der Waals surface area (Å²) in [6.07, 6.45) is 4.20. The van der Waals surface area contributed by atoms with Crippen LogP contribution in [-0.4, -0.2) is 12.5 Å². The van der Waals surface area contributed by atoms with Gasteiger partial charge in [-0.1, -0.05) is 30.3 Å². The summed E-state index contributed by atoms with van der Waals surface area (Å²) in [6.45, 7) is 0.628. The summed E-state index contributed by atoms with van der Waals surface area (Å²) in [5.74, 6) is -1.79. The molecule has 0 bridgehead atoms. The molecule has 0 aromatic heterocycles. The van der Waals surface area contributed by atoms with Crippen molar-refractivity contribution in [3.05, 3.63) is 66.3 Å². The highest BCUT2D eigenvalue weighted by Crippen LogP contribution is 2.27. The van der Waals surface area contributed by atoms with Gasteiger partial charge >= 0.3 is 0 Å². The van der Waals surface area contributed by atoms with Gasteiger partial charge in [0.15, 0.2) is 11.6 Å². The molecule has 2 nitrogen and oxygen atoms in total. The highest BCUT2D eigenvalue weighted by molar-refractivity contribution is 6.02. The van der Waals surface area contributed by atoms with Crippen LogP contribution in [0.3, 0.4) is 0 Å². The summed E-state index contributed by atoms with van der Waals surface area (Å²) in [4.78, 5) is 13.4. The summed E-state index contributed by atoms with van der Waals surface area (Å²) in [6, 6.07) is 11.0. The SMILES string of the molecule is O=C1C=CCCN1c1ccc(-c2cccc(F)c2F)cc1. The molecular weight excluding hydrogens is 272 g/mol. The van der Waals surface area contributed by atoms with Crippen LogP contribution >= 0.6 is 0 Å². The van der Waals surface area contributed by atoms with Crippen LogP contribution in [0.1, 0.15) is 6.42 Å². The van der Waals surface area contributed by atoms with E-state index in [4.69, 9.17) is 0 Å². The lowest BCUT2D eigenvalue weighted by Crippen LogP contribution is -2.32. The van der Waals surface area contributed by atoms with Gasteiger partial charge in [0.1, 0.15) is 0 Å². The molecule has 0 spiro atoms. The minimum atomic E-state index is -0.868. The zero-order chi connectivity index (χ0) is 14.8. The Bertz CT molecular complexity index is 707. The third kappa shape index (κ3) is 2.57. The maximum atomic E-state index is 13.8. The predicted octanol–water partition coefficient (Wildman–Crippen LogP) is 3.92. The first kappa shape index (κ1) is 13.5. The Balaban J connectivity index is 1.92. The van der Waals surface area contributed by atoms with E-state index in [1.807, 2.05) is 6.08 Å². The molecule has 1 aliphatic heterocycles. The molecule has 0 N–H and O–H groups in total. The van der Waals surface area contributed by atoms with Crippen molar-refractivity contribution < 1.29 is 13.6 Å². The number of rotatable bonds is 2. The summed E-state index contributed by atoms with van der Waals surface area (Å²) < 4.78 is 27.0. The Morgan fingerprint density at radius 3 is 2.48 bits per heavy atom. The number of benzene rings is 2. The third-order valence-corrected chi connectivity index (χ3v) is 3.49. The molecule has 0 aliphatic carbocycles. The average Bonchev–Trinajstić information content (AvgIpc) is 2.51. The summed E-state index contributed by atoms with van der Waals surface area (Å²) in [5.41, 5.74) is 1.55. The van der Waals surface area contributed by atoms with Crippen molar-refractivity contribution in [3.63, 3.8) is 0 Å². The van der Waals surface area contributed by atoms with Gasteiger partial charge in [0.05, 0.1) is 0 Å². The second-order valence-electron chi connectivity index (χ2n) is 4.83. The van der Waals surface area contributed by atoms with E-state index >= 15 is 0 Å². The molecule has 1 heterocycles. The quantitative estimate of drug-likeness (QED) is 0.819. The molecule has 0 saturated heterocycles. The van der Waals surface area contributed by atoms with Crippen molar-refractivity contribution in [3.8, 4) is 11.1 Å². The average molecular weight is 285 g/mol. The molecule has 4 heteroatoms. The number of anilines is 1. The van der Waals surface area contributed by atoms with Crippen molar-refractivity contribution in [2.75, 3.05) is 11.4 Å². The summed E-state index contributed by atoms with van der Waals surface area (Å²) >= 11 is 0. The van der Waals surface area contributed by atoms with E-state index in [1.165, 1.54) is 12.1 Å². The molecule has 1 amide bonds. The van der Waals surface area contributed by atoms with E-state index in [2.05, 4.69) is 0 Å². The van der Waals surface area contributed by atoms with Gasteiger partial charge in [0.2, 0.25) is 0 Å². The number of hydrogen-bond acceptors (Lipinski definition) is 1. The Hall–Kier alpha value is -2.49. The summed E-state index contributed by atoms with van der Waals surface area (Å²) in [5, 5.41) is 0. The van der Waals surface area contributed by atoms with Gasteiger partial charge in [-0.2, -0.15) is 0 Å². The van der Waals surface area contributed by atoms with Gasteiger partial charge < -0.3 is 4.90 Å². The molecule has 0 radical (unpaired) electrons. The number of amides is 1. The van der Waals surface area contributed by atoms with E-state index in [9.17, 15) is 13.6 Å². The van der Waals surface area contributed by atoms with Crippen LogP contribution in [0.2, 0.25) is 0 Å². The van der Waals surface area contributed by atoms with Crippen molar-refractivity contribution in [1.82, 2.24) is 0 Å². The van der Waals surface area contributed by atoms with E-state index in [0.717, 1.165) is 18.2 Å². The minimum absolute atomic E-state index is 0.0639. The highest BCUT2D eigenvalue weighted by atomic mass is 19.2. The van der Waals surface area contributed by atoms with Crippen LogP contribution in [0.4, 0.5) is 14.5 Å². The van der Waals surface area contributed by atoms with E-state index in [-0.39, 0.29) is 11.5 Å². The van der Waals surface area contributed by atoms with Crippen LogP contribution in [-0.2, 0) is 4.79 Å². The third-order valence-electron chi connectivity index (χ3n) is 3.49. The van der Waals surface area contributed by atoms with Crippen LogP contribution < -0.4 is 4.90 Å². The first-order valence-electron chi connectivity index (χ1n) is 6.69. The van der Waals surface area contributed by atoms with Gasteiger partial charge in [-0.25, -0.2) is 8.78 Å². The Kier molecular flexibility index (Phi) is 3.52.